The lowest BCUT2D eigenvalue weighted by Gasteiger charge is -2.22. The summed E-state index contributed by atoms with van der Waals surface area (Å²) in [5.74, 6) is -1.56. The fourth-order valence-electron chi connectivity index (χ4n) is 2.27. The normalized spacial score (nSPS) is 10.2. The molecule has 0 atom stereocenters. The number of hydrogen-bond acceptors (Lipinski definition) is 6. The lowest BCUT2D eigenvalue weighted by atomic mass is 10.2. The topological polar surface area (TPSA) is 72.9 Å². The summed E-state index contributed by atoms with van der Waals surface area (Å²) in [5.41, 5.74) is 1.30. The van der Waals surface area contributed by atoms with E-state index in [4.69, 9.17) is 9.47 Å². The Morgan fingerprint density at radius 3 is 2.48 bits per heavy atom. The first-order chi connectivity index (χ1) is 12.1. The number of ether oxygens (including phenoxy) is 2. The Labute approximate surface area is 150 Å². The molecule has 0 radical (unpaired) electrons. The van der Waals surface area contributed by atoms with E-state index in [2.05, 4.69) is 0 Å². The minimum Gasteiger partial charge on any atom is -0.466 e. The van der Waals surface area contributed by atoms with Crippen LogP contribution in [0.25, 0.3) is 0 Å². The van der Waals surface area contributed by atoms with Gasteiger partial charge in [-0.1, -0.05) is 30.3 Å². The number of carbonyl (C=O) groups excluding carboxylic acids is 3. The highest BCUT2D eigenvalue weighted by molar-refractivity contribution is 7.12. The molecule has 1 aromatic heterocycles. The number of esters is 2. The predicted octanol–water partition coefficient (Wildman–Crippen LogP) is 3.02. The molecule has 0 aliphatic rings. The Hall–Kier alpha value is -2.67. The van der Waals surface area contributed by atoms with Gasteiger partial charge < -0.3 is 14.4 Å². The molecule has 0 unspecified atom stereocenters. The number of carbonyl (C=O) groups is 3. The molecular weight excluding hydrogens is 342 g/mol. The molecule has 0 aliphatic heterocycles. The maximum Gasteiger partial charge on any atom is 0.350 e. The van der Waals surface area contributed by atoms with Crippen LogP contribution in [0.15, 0.2) is 41.8 Å². The molecule has 0 N–H and O–H groups in total. The van der Waals surface area contributed by atoms with E-state index in [9.17, 15) is 14.4 Å². The van der Waals surface area contributed by atoms with Crippen LogP contribution in [0.4, 0.5) is 5.69 Å². The van der Waals surface area contributed by atoms with Gasteiger partial charge in [0.05, 0.1) is 25.9 Å². The fourth-order valence-corrected chi connectivity index (χ4v) is 3.08. The van der Waals surface area contributed by atoms with E-state index in [0.717, 1.165) is 5.56 Å². The van der Waals surface area contributed by atoms with Gasteiger partial charge in [0.25, 0.3) is 0 Å². The Bertz CT molecular complexity index is 741. The number of hydrogen-bond donors (Lipinski definition) is 0. The minimum atomic E-state index is -0.597. The highest BCUT2D eigenvalue weighted by atomic mass is 32.1. The molecule has 0 aliphatic carbocycles. The number of methoxy groups -OCH3 is 1. The molecule has 0 saturated heterocycles. The third kappa shape index (κ3) is 4.90. The van der Waals surface area contributed by atoms with E-state index in [1.165, 1.54) is 23.3 Å². The van der Waals surface area contributed by atoms with Crippen molar-refractivity contribution in [3.05, 3.63) is 52.2 Å². The largest absolute Gasteiger partial charge is 0.466 e. The summed E-state index contributed by atoms with van der Waals surface area (Å²) >= 11 is 1.18. The summed E-state index contributed by atoms with van der Waals surface area (Å²) in [4.78, 5) is 38.1. The molecule has 2 aromatic rings. The van der Waals surface area contributed by atoms with Crippen molar-refractivity contribution in [2.45, 2.75) is 19.9 Å². The van der Waals surface area contributed by atoms with Crippen molar-refractivity contribution in [3.63, 3.8) is 0 Å². The standard InChI is InChI=1S/C18H19NO5S/c1-3-24-16(21)11-15(20)19(12-13-7-5-4-6-8-13)14-9-10-25-17(14)18(22)23-2/h4-10H,3,11-12H2,1-2H3. The molecule has 1 aromatic carbocycles. The van der Waals surface area contributed by atoms with E-state index in [1.807, 2.05) is 30.3 Å². The Morgan fingerprint density at radius 2 is 1.84 bits per heavy atom. The summed E-state index contributed by atoms with van der Waals surface area (Å²) in [6.45, 7) is 2.12. The second-order valence-electron chi connectivity index (χ2n) is 5.07. The van der Waals surface area contributed by atoms with Crippen LogP contribution in [0.1, 0.15) is 28.6 Å². The van der Waals surface area contributed by atoms with Crippen molar-refractivity contribution < 1.29 is 23.9 Å². The van der Waals surface area contributed by atoms with E-state index < -0.39 is 24.3 Å². The molecule has 7 heteroatoms. The van der Waals surface area contributed by atoms with Gasteiger partial charge in [-0.3, -0.25) is 9.59 Å². The summed E-state index contributed by atoms with van der Waals surface area (Å²) in [6.07, 6.45) is -0.392. The quantitative estimate of drug-likeness (QED) is 0.560. The van der Waals surface area contributed by atoms with Crippen LogP contribution in [0.2, 0.25) is 0 Å². The molecule has 0 bridgehead atoms. The Balaban J connectivity index is 2.32. The maximum absolute atomic E-state index is 12.7. The maximum atomic E-state index is 12.7. The van der Waals surface area contributed by atoms with Gasteiger partial charge in [-0.05, 0) is 23.9 Å². The van der Waals surface area contributed by atoms with Gasteiger partial charge in [0.2, 0.25) is 5.91 Å². The zero-order chi connectivity index (χ0) is 18.2. The van der Waals surface area contributed by atoms with Gasteiger partial charge >= 0.3 is 11.9 Å². The Kier molecular flexibility index (Phi) is 6.71. The van der Waals surface area contributed by atoms with Crippen LogP contribution in [-0.2, 0) is 25.6 Å². The summed E-state index contributed by atoms with van der Waals surface area (Å²) < 4.78 is 9.63. The number of anilines is 1. The average Bonchev–Trinajstić information content (AvgIpc) is 3.09. The fraction of sp³-hybridized carbons (Fsp3) is 0.278. The number of thiophene rings is 1. The molecule has 0 spiro atoms. The van der Waals surface area contributed by atoms with E-state index in [1.54, 1.807) is 18.4 Å². The van der Waals surface area contributed by atoms with E-state index >= 15 is 0 Å². The van der Waals surface area contributed by atoms with Crippen LogP contribution in [0, 0.1) is 0 Å². The van der Waals surface area contributed by atoms with Crippen molar-refractivity contribution in [1.29, 1.82) is 0 Å². The van der Waals surface area contributed by atoms with Crippen LogP contribution in [0.5, 0.6) is 0 Å². The lowest BCUT2D eigenvalue weighted by Crippen LogP contribution is -2.33. The Morgan fingerprint density at radius 1 is 1.12 bits per heavy atom. The number of rotatable bonds is 7. The summed E-state index contributed by atoms with van der Waals surface area (Å²) in [5, 5.41) is 1.71. The lowest BCUT2D eigenvalue weighted by molar-refractivity contribution is -0.145. The van der Waals surface area contributed by atoms with Gasteiger partial charge in [-0.15, -0.1) is 11.3 Å². The smallest absolute Gasteiger partial charge is 0.350 e. The first-order valence-electron chi connectivity index (χ1n) is 7.72. The van der Waals surface area contributed by atoms with Gasteiger partial charge in [0.1, 0.15) is 11.3 Å². The molecule has 2 rings (SSSR count). The van der Waals surface area contributed by atoms with Crippen LogP contribution in [-0.4, -0.2) is 31.6 Å². The van der Waals surface area contributed by atoms with Crippen molar-refractivity contribution in [2.24, 2.45) is 0 Å². The monoisotopic (exact) mass is 361 g/mol. The summed E-state index contributed by atoms with van der Waals surface area (Å²) in [7, 11) is 1.29. The van der Waals surface area contributed by atoms with Crippen LogP contribution >= 0.6 is 11.3 Å². The van der Waals surface area contributed by atoms with Crippen LogP contribution in [0.3, 0.4) is 0 Å². The number of amides is 1. The summed E-state index contributed by atoms with van der Waals surface area (Å²) in [6, 6.07) is 11.0. The van der Waals surface area contributed by atoms with E-state index in [0.29, 0.717) is 10.6 Å². The van der Waals surface area contributed by atoms with Crippen LogP contribution < -0.4 is 4.90 Å². The van der Waals surface area contributed by atoms with Crippen molar-refractivity contribution in [3.8, 4) is 0 Å². The number of nitrogens with zero attached hydrogens (tertiary/aromatic N) is 1. The molecule has 0 saturated carbocycles. The van der Waals surface area contributed by atoms with Gasteiger partial charge in [0.15, 0.2) is 0 Å². The predicted molar refractivity (Wildman–Crippen MR) is 94.5 cm³/mol. The van der Waals surface area contributed by atoms with Gasteiger partial charge in [0, 0.05) is 0 Å². The first kappa shape index (κ1) is 18.7. The molecule has 1 heterocycles. The van der Waals surface area contributed by atoms with Crippen molar-refractivity contribution in [1.82, 2.24) is 0 Å². The van der Waals surface area contributed by atoms with Crippen molar-refractivity contribution >= 4 is 34.9 Å². The zero-order valence-corrected chi connectivity index (χ0v) is 14.9. The minimum absolute atomic E-state index is 0.205. The second-order valence-corrected chi connectivity index (χ2v) is 5.99. The SMILES string of the molecule is CCOC(=O)CC(=O)N(Cc1ccccc1)c1ccsc1C(=O)OC. The average molecular weight is 361 g/mol. The molecular formula is C18H19NO5S. The first-order valence-corrected chi connectivity index (χ1v) is 8.60. The second kappa shape index (κ2) is 8.98. The molecule has 6 nitrogen and oxygen atoms in total. The molecule has 1 amide bonds. The van der Waals surface area contributed by atoms with Gasteiger partial charge in [-0.25, -0.2) is 4.79 Å². The molecule has 0 fully saturated rings. The number of benzene rings is 1. The third-order valence-electron chi connectivity index (χ3n) is 3.39. The van der Waals surface area contributed by atoms with Gasteiger partial charge in [-0.2, -0.15) is 0 Å². The highest BCUT2D eigenvalue weighted by Crippen LogP contribution is 2.29. The van der Waals surface area contributed by atoms with E-state index in [-0.39, 0.29) is 13.2 Å². The highest BCUT2D eigenvalue weighted by Gasteiger charge is 2.25. The van der Waals surface area contributed by atoms with Crippen molar-refractivity contribution in [2.75, 3.05) is 18.6 Å². The molecule has 25 heavy (non-hydrogen) atoms. The zero-order valence-electron chi connectivity index (χ0n) is 14.1. The third-order valence-corrected chi connectivity index (χ3v) is 4.28. The molecule has 132 valence electrons.